The summed E-state index contributed by atoms with van der Waals surface area (Å²) in [6.07, 6.45) is 5.85. The van der Waals surface area contributed by atoms with Crippen molar-refractivity contribution in [2.75, 3.05) is 0 Å². The Hall–Kier alpha value is -2.09. The van der Waals surface area contributed by atoms with Gasteiger partial charge in [-0.05, 0) is 76.4 Å². The van der Waals surface area contributed by atoms with E-state index < -0.39 is 56.6 Å². The molecule has 37 heavy (non-hydrogen) atoms. The van der Waals surface area contributed by atoms with E-state index in [-0.39, 0.29) is 29.7 Å². The zero-order valence-corrected chi connectivity index (χ0v) is 23.3. The number of ketones is 3. The van der Waals surface area contributed by atoms with Crippen LogP contribution in [0.5, 0.6) is 0 Å². The lowest BCUT2D eigenvalue weighted by molar-refractivity contribution is -0.179. The molecule has 4 rings (SSSR count). The highest BCUT2D eigenvalue weighted by Crippen LogP contribution is 2.73. The maximum absolute atomic E-state index is 14.2. The summed E-state index contributed by atoms with van der Waals surface area (Å²) >= 11 is 0. The smallest absolute Gasteiger partial charge is 0.206 e. The normalized spacial score (nSPS) is 42.9. The van der Waals surface area contributed by atoms with Gasteiger partial charge in [-0.2, -0.15) is 0 Å². The third kappa shape index (κ3) is 3.60. The number of aliphatic hydroxyl groups excluding tert-OH is 2. The molecule has 3 unspecified atom stereocenters. The molecule has 0 aromatic carbocycles. The molecule has 204 valence electrons. The first kappa shape index (κ1) is 27.9. The van der Waals surface area contributed by atoms with E-state index in [1.54, 1.807) is 13.8 Å². The van der Waals surface area contributed by atoms with E-state index in [9.17, 15) is 34.8 Å². The van der Waals surface area contributed by atoms with Gasteiger partial charge in [0.15, 0.2) is 11.5 Å². The Morgan fingerprint density at radius 2 is 1.65 bits per heavy atom. The van der Waals surface area contributed by atoms with Crippen LogP contribution in [0, 0.1) is 39.4 Å². The second-order valence-electron chi connectivity index (χ2n) is 13.9. The van der Waals surface area contributed by atoms with E-state index in [0.717, 1.165) is 11.6 Å². The highest BCUT2D eigenvalue weighted by molar-refractivity contribution is 6.02. The second-order valence-corrected chi connectivity index (χ2v) is 13.9. The van der Waals surface area contributed by atoms with Gasteiger partial charge in [0.25, 0.3) is 0 Å². The zero-order chi connectivity index (χ0) is 28.1. The average molecular weight is 515 g/mol. The van der Waals surface area contributed by atoms with Crippen molar-refractivity contribution >= 4 is 17.3 Å². The molecule has 4 aliphatic rings. The van der Waals surface area contributed by atoms with Crippen LogP contribution < -0.4 is 0 Å². The van der Waals surface area contributed by atoms with E-state index in [4.69, 9.17) is 0 Å². The molecule has 0 radical (unpaired) electrons. The van der Waals surface area contributed by atoms with Crippen LogP contribution in [0.4, 0.5) is 0 Å². The number of aliphatic hydroxyl groups is 4. The fourth-order valence-electron chi connectivity index (χ4n) is 8.58. The first-order valence-corrected chi connectivity index (χ1v) is 13.2. The second kappa shape index (κ2) is 7.96. The monoisotopic (exact) mass is 514 g/mol. The summed E-state index contributed by atoms with van der Waals surface area (Å²) in [5.74, 6) is -2.98. The quantitative estimate of drug-likeness (QED) is 0.333. The van der Waals surface area contributed by atoms with Crippen molar-refractivity contribution in [3.05, 3.63) is 35.6 Å². The Labute approximate surface area is 219 Å². The van der Waals surface area contributed by atoms with Crippen molar-refractivity contribution < 1.29 is 34.8 Å². The number of hydrogen-bond acceptors (Lipinski definition) is 7. The molecule has 4 N–H and O–H groups in total. The first-order chi connectivity index (χ1) is 16.7. The molecule has 8 atom stereocenters. The van der Waals surface area contributed by atoms with Crippen LogP contribution in [0.15, 0.2) is 35.6 Å². The van der Waals surface area contributed by atoms with Crippen molar-refractivity contribution in [3.8, 4) is 0 Å². The number of rotatable bonds is 4. The Morgan fingerprint density at radius 3 is 2.22 bits per heavy atom. The molecule has 0 saturated heterocycles. The van der Waals surface area contributed by atoms with E-state index in [1.807, 2.05) is 26.8 Å². The minimum atomic E-state index is -1.96. The minimum absolute atomic E-state index is 0.0453. The minimum Gasteiger partial charge on any atom is -0.505 e. The SMILES string of the molecule is CC(C)(O)/C=C/C(=O)[C@](C)(O)[C@H]1[C@@H](O)CC2(C)[C@@H]3CC=C4[C@H](C=C(O)C(=O)C4(C)C)C3(C)C(=O)CC12C. The third-order valence-electron chi connectivity index (χ3n) is 10.8. The molecule has 0 aliphatic heterocycles. The number of fused-ring (bicyclic) bond motifs is 5. The third-order valence-corrected chi connectivity index (χ3v) is 10.8. The van der Waals surface area contributed by atoms with Gasteiger partial charge in [0, 0.05) is 23.7 Å². The molecule has 0 aromatic rings. The fourth-order valence-corrected chi connectivity index (χ4v) is 8.58. The van der Waals surface area contributed by atoms with Gasteiger partial charge in [0.05, 0.1) is 17.1 Å². The van der Waals surface area contributed by atoms with E-state index in [0.29, 0.717) is 12.8 Å². The lowest BCUT2D eigenvalue weighted by atomic mass is 9.39. The van der Waals surface area contributed by atoms with Gasteiger partial charge in [0.2, 0.25) is 5.78 Å². The maximum atomic E-state index is 14.2. The molecule has 0 heterocycles. The van der Waals surface area contributed by atoms with Crippen molar-refractivity contribution in [3.63, 3.8) is 0 Å². The van der Waals surface area contributed by atoms with Crippen LogP contribution in [0.1, 0.15) is 74.7 Å². The number of carbonyl (C=O) groups excluding carboxylic acids is 3. The maximum Gasteiger partial charge on any atom is 0.206 e. The van der Waals surface area contributed by atoms with Crippen LogP contribution in [0.25, 0.3) is 0 Å². The predicted octanol–water partition coefficient (Wildman–Crippen LogP) is 3.62. The number of allylic oxidation sites excluding steroid dienone is 4. The van der Waals surface area contributed by atoms with Crippen LogP contribution in [0.2, 0.25) is 0 Å². The Bertz CT molecular complexity index is 1150. The molecule has 2 fully saturated rings. The number of carbonyl (C=O) groups is 3. The molecule has 0 amide bonds. The molecule has 7 nitrogen and oxygen atoms in total. The zero-order valence-electron chi connectivity index (χ0n) is 23.3. The standard InChI is InChI=1S/C30H42O7/c1-25(2,36)12-11-21(33)30(8,37)23-19(32)14-27(5)20-10-9-16-17(13-18(31)24(35)26(16,3)4)29(20,7)22(34)15-28(23,27)6/h9,11-13,17,19-20,23,31-32,36-37H,10,14-15H2,1-8H3/b12-11+/t17-,19-,20-,23-,27?,28?,29?,30-/m0/s1. The lowest BCUT2D eigenvalue weighted by Crippen LogP contribution is -2.64. The summed E-state index contributed by atoms with van der Waals surface area (Å²) in [5, 5.41) is 43.6. The molecular weight excluding hydrogens is 472 g/mol. The molecule has 0 aromatic heterocycles. The van der Waals surface area contributed by atoms with Crippen molar-refractivity contribution in [1.82, 2.24) is 0 Å². The summed E-state index contributed by atoms with van der Waals surface area (Å²) in [7, 11) is 0. The van der Waals surface area contributed by atoms with E-state index in [1.165, 1.54) is 32.9 Å². The van der Waals surface area contributed by atoms with Gasteiger partial charge in [-0.3, -0.25) is 14.4 Å². The lowest BCUT2D eigenvalue weighted by Gasteiger charge is -2.63. The van der Waals surface area contributed by atoms with E-state index >= 15 is 0 Å². The fraction of sp³-hybridized carbons (Fsp3) is 0.700. The molecule has 4 aliphatic carbocycles. The summed E-state index contributed by atoms with van der Waals surface area (Å²) in [4.78, 5) is 40.1. The van der Waals surface area contributed by atoms with Crippen LogP contribution in [-0.4, -0.2) is 55.1 Å². The molecular formula is C30H42O7. The van der Waals surface area contributed by atoms with Gasteiger partial charge in [0.1, 0.15) is 11.4 Å². The van der Waals surface area contributed by atoms with E-state index in [2.05, 4.69) is 0 Å². The number of Topliss-reactive ketones (excluding diaryl/α,β-unsaturated/α-hetero) is 2. The molecule has 0 bridgehead atoms. The van der Waals surface area contributed by atoms with Crippen molar-refractivity contribution in [2.24, 2.45) is 39.4 Å². The highest BCUT2D eigenvalue weighted by Gasteiger charge is 2.74. The molecule has 0 spiro atoms. The van der Waals surface area contributed by atoms with Crippen molar-refractivity contribution in [2.45, 2.75) is 92.0 Å². The largest absolute Gasteiger partial charge is 0.505 e. The van der Waals surface area contributed by atoms with Gasteiger partial charge in [-0.25, -0.2) is 0 Å². The highest BCUT2D eigenvalue weighted by atomic mass is 16.3. The van der Waals surface area contributed by atoms with Crippen LogP contribution >= 0.6 is 0 Å². The van der Waals surface area contributed by atoms with Gasteiger partial charge in [-0.1, -0.05) is 38.5 Å². The van der Waals surface area contributed by atoms with Gasteiger partial charge in [-0.15, -0.1) is 0 Å². The summed E-state index contributed by atoms with van der Waals surface area (Å²) in [6, 6.07) is 0. The van der Waals surface area contributed by atoms with Gasteiger partial charge < -0.3 is 20.4 Å². The van der Waals surface area contributed by atoms with Gasteiger partial charge >= 0.3 is 0 Å². The topological polar surface area (TPSA) is 132 Å². The number of hydrogen-bond donors (Lipinski definition) is 4. The Kier molecular flexibility index (Phi) is 6.01. The predicted molar refractivity (Wildman–Crippen MR) is 138 cm³/mol. The first-order valence-electron chi connectivity index (χ1n) is 13.2. The van der Waals surface area contributed by atoms with Crippen LogP contribution in [-0.2, 0) is 14.4 Å². The molecule has 2 saturated carbocycles. The average Bonchev–Trinajstić information content (AvgIpc) is 2.96. The van der Waals surface area contributed by atoms with Crippen LogP contribution in [0.3, 0.4) is 0 Å². The summed E-state index contributed by atoms with van der Waals surface area (Å²) in [5.41, 5.74) is -5.75. The molecule has 7 heteroatoms. The Morgan fingerprint density at radius 1 is 1.05 bits per heavy atom. The summed E-state index contributed by atoms with van der Waals surface area (Å²) in [6.45, 7) is 13.8. The summed E-state index contributed by atoms with van der Waals surface area (Å²) < 4.78 is 0. The Balaban J connectivity index is 1.82. The van der Waals surface area contributed by atoms with Crippen molar-refractivity contribution in [1.29, 1.82) is 0 Å².